The molecule has 2 nitrogen and oxygen atoms in total. The second-order valence-electron chi connectivity index (χ2n) is 12.5. The largest absolute Gasteiger partial charge is 0.455 e. The van der Waals surface area contributed by atoms with Crippen molar-refractivity contribution in [1.82, 2.24) is 0 Å². The van der Waals surface area contributed by atoms with Gasteiger partial charge in [-0.3, -0.25) is 0 Å². The van der Waals surface area contributed by atoms with Gasteiger partial charge in [-0.1, -0.05) is 146 Å². The average Bonchev–Trinajstić information content (AvgIpc) is 3.75. The third-order valence-electron chi connectivity index (χ3n) is 9.68. The smallest absolute Gasteiger partial charge is 0.143 e. The van der Waals surface area contributed by atoms with Crippen LogP contribution in [0.3, 0.4) is 0 Å². The molecular weight excluding hydrogens is 615 g/mol. The van der Waals surface area contributed by atoms with Crippen molar-refractivity contribution in [3.05, 3.63) is 176 Å². The predicted molar refractivity (Wildman–Crippen MR) is 210 cm³/mol. The summed E-state index contributed by atoms with van der Waals surface area (Å²) in [6.45, 7) is 0. The van der Waals surface area contributed by atoms with Gasteiger partial charge in [0.05, 0.1) is 16.1 Å². The molecule has 10 rings (SSSR count). The highest BCUT2D eigenvalue weighted by molar-refractivity contribution is 7.26. The summed E-state index contributed by atoms with van der Waals surface area (Å²) in [5.41, 5.74) is 9.86. The molecule has 0 radical (unpaired) electrons. The molecule has 0 aliphatic carbocycles. The molecule has 0 aliphatic heterocycles. The Labute approximate surface area is 287 Å². The van der Waals surface area contributed by atoms with Gasteiger partial charge >= 0.3 is 0 Å². The fourth-order valence-electron chi connectivity index (χ4n) is 7.40. The molecule has 8 aromatic carbocycles. The number of benzene rings is 8. The summed E-state index contributed by atoms with van der Waals surface area (Å²) in [6.07, 6.45) is 0. The van der Waals surface area contributed by atoms with Crippen LogP contribution in [0, 0.1) is 0 Å². The molecule has 0 bridgehead atoms. The van der Waals surface area contributed by atoms with Crippen LogP contribution in [-0.4, -0.2) is 0 Å². The fraction of sp³-hybridized carbons (Fsp3) is 0. The van der Waals surface area contributed by atoms with Crippen LogP contribution in [0.25, 0.3) is 75.1 Å². The monoisotopic (exact) mass is 643 g/mol. The molecule has 0 atom stereocenters. The Morgan fingerprint density at radius 2 is 1.10 bits per heavy atom. The Balaban J connectivity index is 1.25. The molecule has 3 heteroatoms. The van der Waals surface area contributed by atoms with Crippen molar-refractivity contribution >= 4 is 81.3 Å². The second-order valence-corrected chi connectivity index (χ2v) is 13.5. The molecular formula is C46H29NOS. The third kappa shape index (κ3) is 4.47. The first-order chi connectivity index (χ1) is 24.3. The van der Waals surface area contributed by atoms with Crippen LogP contribution in [0.5, 0.6) is 0 Å². The van der Waals surface area contributed by atoms with Crippen LogP contribution in [-0.2, 0) is 0 Å². The number of hydrogen-bond acceptors (Lipinski definition) is 3. The molecule has 0 saturated carbocycles. The molecule has 0 unspecified atom stereocenters. The first kappa shape index (κ1) is 27.9. The zero-order valence-electron chi connectivity index (χ0n) is 26.5. The van der Waals surface area contributed by atoms with Crippen molar-refractivity contribution in [2.75, 3.05) is 4.90 Å². The van der Waals surface area contributed by atoms with Crippen molar-refractivity contribution in [2.45, 2.75) is 0 Å². The zero-order valence-corrected chi connectivity index (χ0v) is 27.3. The van der Waals surface area contributed by atoms with E-state index in [0.717, 1.165) is 44.4 Å². The van der Waals surface area contributed by atoms with E-state index in [2.05, 4.69) is 169 Å². The van der Waals surface area contributed by atoms with Crippen LogP contribution in [0.1, 0.15) is 0 Å². The summed E-state index contributed by atoms with van der Waals surface area (Å²) in [6, 6.07) is 63.2. The number of rotatable bonds is 5. The van der Waals surface area contributed by atoms with E-state index in [0.29, 0.717) is 0 Å². The van der Waals surface area contributed by atoms with Gasteiger partial charge in [-0.25, -0.2) is 0 Å². The molecule has 0 saturated heterocycles. The number of nitrogens with zero attached hydrogens (tertiary/aromatic N) is 1. The van der Waals surface area contributed by atoms with Gasteiger partial charge in [-0.15, -0.1) is 11.3 Å². The van der Waals surface area contributed by atoms with Gasteiger partial charge in [0.1, 0.15) is 11.2 Å². The Morgan fingerprint density at radius 3 is 1.98 bits per heavy atom. The van der Waals surface area contributed by atoms with Crippen LogP contribution in [0.2, 0.25) is 0 Å². The normalized spacial score (nSPS) is 11.7. The summed E-state index contributed by atoms with van der Waals surface area (Å²) >= 11 is 1.87. The van der Waals surface area contributed by atoms with Gasteiger partial charge < -0.3 is 9.32 Å². The maximum atomic E-state index is 6.44. The van der Waals surface area contributed by atoms with Gasteiger partial charge in [-0.2, -0.15) is 0 Å². The SMILES string of the molecule is c1ccc(-c2ccc3c(sc4ccccc43)c2N(c2ccc(-c3cccc4c3oc3ccccc34)cc2)c2cccc3ccccc23)cc1. The standard InChI is InChI=1S/C46H29NOS/c1-2-12-31(13-3-1)35-28-29-40-38-18-7-9-23-43(38)49-46(40)44(35)47(41-21-10-15-30-14-4-5-16-34(30)41)33-26-24-32(25-27-33)36-19-11-20-39-37-17-6-8-22-42(37)48-45(36)39/h1-29H. The minimum atomic E-state index is 0.911. The van der Waals surface area contributed by atoms with E-state index in [9.17, 15) is 0 Å². The summed E-state index contributed by atoms with van der Waals surface area (Å²) in [7, 11) is 0. The topological polar surface area (TPSA) is 16.4 Å². The van der Waals surface area contributed by atoms with E-state index in [1.54, 1.807) is 0 Å². The predicted octanol–water partition coefficient (Wildman–Crippen LogP) is 13.9. The molecule has 0 aliphatic rings. The number of hydrogen-bond donors (Lipinski definition) is 0. The fourth-order valence-corrected chi connectivity index (χ4v) is 8.64. The molecule has 10 aromatic rings. The van der Waals surface area contributed by atoms with E-state index >= 15 is 0 Å². The summed E-state index contributed by atoms with van der Waals surface area (Å²) in [5.74, 6) is 0. The third-order valence-corrected chi connectivity index (χ3v) is 10.9. The van der Waals surface area contributed by atoms with Crippen LogP contribution >= 0.6 is 11.3 Å². The van der Waals surface area contributed by atoms with Gasteiger partial charge in [0, 0.05) is 48.4 Å². The minimum Gasteiger partial charge on any atom is -0.455 e. The van der Waals surface area contributed by atoms with Crippen molar-refractivity contribution in [1.29, 1.82) is 0 Å². The van der Waals surface area contributed by atoms with Crippen molar-refractivity contribution in [3.63, 3.8) is 0 Å². The van der Waals surface area contributed by atoms with Crippen LogP contribution in [0.15, 0.2) is 180 Å². The number of fused-ring (bicyclic) bond motifs is 7. The summed E-state index contributed by atoms with van der Waals surface area (Å²) in [4.78, 5) is 2.48. The van der Waals surface area contributed by atoms with Crippen LogP contribution in [0.4, 0.5) is 17.1 Å². The lowest BCUT2D eigenvalue weighted by Gasteiger charge is -2.30. The Hall–Kier alpha value is -6.16. The molecule has 49 heavy (non-hydrogen) atoms. The van der Waals surface area contributed by atoms with Crippen molar-refractivity contribution < 1.29 is 4.42 Å². The highest BCUT2D eigenvalue weighted by atomic mass is 32.1. The number of furan rings is 1. The van der Waals surface area contributed by atoms with Gasteiger partial charge in [0.2, 0.25) is 0 Å². The van der Waals surface area contributed by atoms with E-state index < -0.39 is 0 Å². The lowest BCUT2D eigenvalue weighted by molar-refractivity contribution is 0.670. The molecule has 0 N–H and O–H groups in total. The van der Waals surface area contributed by atoms with Gasteiger partial charge in [-0.05, 0) is 46.8 Å². The number of para-hydroxylation sites is 2. The molecule has 0 fully saturated rings. The maximum absolute atomic E-state index is 6.44. The quantitative estimate of drug-likeness (QED) is 0.186. The number of thiophene rings is 1. The highest BCUT2D eigenvalue weighted by Gasteiger charge is 2.24. The molecule has 2 aromatic heterocycles. The van der Waals surface area contributed by atoms with Gasteiger partial charge in [0.25, 0.3) is 0 Å². The molecule has 0 spiro atoms. The first-order valence-electron chi connectivity index (χ1n) is 16.6. The van der Waals surface area contributed by atoms with E-state index in [-0.39, 0.29) is 0 Å². The molecule has 2 heterocycles. The minimum absolute atomic E-state index is 0.911. The molecule has 230 valence electrons. The first-order valence-corrected chi connectivity index (χ1v) is 17.4. The Bertz CT molecular complexity index is 2820. The van der Waals surface area contributed by atoms with Crippen LogP contribution < -0.4 is 4.90 Å². The van der Waals surface area contributed by atoms with E-state index in [1.807, 2.05) is 23.5 Å². The average molecular weight is 644 g/mol. The summed E-state index contributed by atoms with van der Waals surface area (Å²) < 4.78 is 8.99. The Kier molecular flexibility index (Phi) is 6.39. The Morgan fingerprint density at radius 1 is 0.429 bits per heavy atom. The molecule has 0 amide bonds. The lowest BCUT2D eigenvalue weighted by Crippen LogP contribution is -2.12. The van der Waals surface area contributed by atoms with E-state index in [4.69, 9.17) is 4.42 Å². The van der Waals surface area contributed by atoms with Gasteiger partial charge in [0.15, 0.2) is 0 Å². The zero-order chi connectivity index (χ0) is 32.3. The number of anilines is 3. The lowest BCUT2D eigenvalue weighted by atomic mass is 9.98. The second kappa shape index (κ2) is 11.2. The van der Waals surface area contributed by atoms with Crippen molar-refractivity contribution in [3.8, 4) is 22.3 Å². The summed E-state index contributed by atoms with van der Waals surface area (Å²) in [5, 5.41) is 7.26. The highest BCUT2D eigenvalue weighted by Crippen LogP contribution is 2.51. The van der Waals surface area contributed by atoms with E-state index in [1.165, 1.54) is 47.8 Å². The maximum Gasteiger partial charge on any atom is 0.143 e. The van der Waals surface area contributed by atoms with Crippen molar-refractivity contribution in [2.24, 2.45) is 0 Å².